The molecule has 0 radical (unpaired) electrons. The summed E-state index contributed by atoms with van der Waals surface area (Å²) in [5, 5.41) is 7.00. The van der Waals surface area contributed by atoms with Gasteiger partial charge in [0.05, 0.1) is 12.2 Å². The maximum absolute atomic E-state index is 5.40. The first-order chi connectivity index (χ1) is 8.60. The number of nitrogens with one attached hydrogen (secondary N) is 2. The van der Waals surface area contributed by atoms with E-state index in [1.54, 1.807) is 0 Å². The van der Waals surface area contributed by atoms with Crippen molar-refractivity contribution in [3.05, 3.63) is 28.9 Å². The lowest BCUT2D eigenvalue weighted by Crippen LogP contribution is -2.14. The molecule has 0 amide bonds. The fourth-order valence-corrected chi connectivity index (χ4v) is 1.61. The summed E-state index contributed by atoms with van der Waals surface area (Å²) in [6, 6.07) is 1.87. The van der Waals surface area contributed by atoms with Gasteiger partial charge in [0.25, 0.3) is 0 Å². The minimum atomic E-state index is 0.516. The zero-order valence-electron chi connectivity index (χ0n) is 10.6. The maximum Gasteiger partial charge on any atom is 0.156 e. The summed E-state index contributed by atoms with van der Waals surface area (Å²) in [6.07, 6.45) is 0. The van der Waals surface area contributed by atoms with Crippen LogP contribution in [0, 0.1) is 20.8 Å². The molecule has 0 saturated heterocycles. The van der Waals surface area contributed by atoms with Gasteiger partial charge in [0.2, 0.25) is 0 Å². The van der Waals surface area contributed by atoms with Crippen molar-refractivity contribution < 1.29 is 4.52 Å². The third kappa shape index (κ3) is 2.57. The van der Waals surface area contributed by atoms with E-state index in [0.29, 0.717) is 18.2 Å². The first-order valence-electron chi connectivity index (χ1n) is 5.58. The Labute approximate surface area is 105 Å². The highest BCUT2D eigenvalue weighted by Crippen LogP contribution is 2.19. The Hall–Kier alpha value is -2.15. The molecule has 0 unspecified atom stereocenters. The van der Waals surface area contributed by atoms with E-state index < -0.39 is 0 Å². The molecular formula is C11H16N6O. The van der Waals surface area contributed by atoms with Gasteiger partial charge in [-0.15, -0.1) is 0 Å². The molecule has 0 bridgehead atoms. The van der Waals surface area contributed by atoms with Gasteiger partial charge in [0.15, 0.2) is 5.76 Å². The fraction of sp³-hybridized carbons (Fsp3) is 0.364. The van der Waals surface area contributed by atoms with Crippen LogP contribution >= 0.6 is 0 Å². The Balaban J connectivity index is 2.16. The number of nitrogens with two attached hydrogens (primary N) is 1. The van der Waals surface area contributed by atoms with E-state index in [2.05, 4.69) is 25.9 Å². The number of rotatable bonds is 4. The van der Waals surface area contributed by atoms with Gasteiger partial charge in [-0.2, -0.15) is 0 Å². The molecule has 4 N–H and O–H groups in total. The summed E-state index contributed by atoms with van der Waals surface area (Å²) >= 11 is 0. The molecule has 7 nitrogen and oxygen atoms in total. The normalized spacial score (nSPS) is 10.4. The van der Waals surface area contributed by atoms with Crippen molar-refractivity contribution >= 4 is 11.6 Å². The Kier molecular flexibility index (Phi) is 3.42. The van der Waals surface area contributed by atoms with Gasteiger partial charge in [0, 0.05) is 11.6 Å². The first-order valence-corrected chi connectivity index (χ1v) is 5.58. The largest absolute Gasteiger partial charge is 0.362 e. The zero-order chi connectivity index (χ0) is 13.1. The maximum atomic E-state index is 5.40. The van der Waals surface area contributed by atoms with Crippen LogP contribution in [0.1, 0.15) is 22.8 Å². The molecule has 0 aromatic carbocycles. The molecule has 0 fully saturated rings. The SMILES string of the molecule is Cc1cc(CNc2nc(C)nc(NN)c2C)on1. The highest BCUT2D eigenvalue weighted by atomic mass is 16.5. The standard InChI is InChI=1S/C11H16N6O/c1-6-4-9(18-17-6)5-13-10-7(2)11(16-12)15-8(3)14-10/h4H,5,12H2,1-3H3,(H2,13,14,15,16). The van der Waals surface area contributed by atoms with E-state index in [1.165, 1.54) is 0 Å². The number of hydrogen-bond acceptors (Lipinski definition) is 7. The van der Waals surface area contributed by atoms with Crippen molar-refractivity contribution in [3.8, 4) is 0 Å². The molecule has 0 aliphatic rings. The van der Waals surface area contributed by atoms with Crippen molar-refractivity contribution in [1.29, 1.82) is 0 Å². The van der Waals surface area contributed by atoms with Crippen molar-refractivity contribution in [2.24, 2.45) is 5.84 Å². The van der Waals surface area contributed by atoms with Crippen LogP contribution in [0.25, 0.3) is 0 Å². The monoisotopic (exact) mass is 248 g/mol. The molecule has 2 aromatic heterocycles. The van der Waals surface area contributed by atoms with E-state index in [4.69, 9.17) is 10.4 Å². The van der Waals surface area contributed by atoms with Crippen molar-refractivity contribution in [2.45, 2.75) is 27.3 Å². The molecule has 7 heteroatoms. The zero-order valence-corrected chi connectivity index (χ0v) is 10.6. The molecule has 0 atom stereocenters. The molecule has 96 valence electrons. The summed E-state index contributed by atoms with van der Waals surface area (Å²) in [4.78, 5) is 8.51. The highest BCUT2D eigenvalue weighted by molar-refractivity contribution is 5.56. The first kappa shape index (κ1) is 12.3. The molecule has 2 aromatic rings. The van der Waals surface area contributed by atoms with Crippen LogP contribution in [0.4, 0.5) is 11.6 Å². The Morgan fingerprint density at radius 3 is 2.56 bits per heavy atom. The minimum absolute atomic E-state index is 0.516. The third-order valence-electron chi connectivity index (χ3n) is 2.50. The summed E-state index contributed by atoms with van der Waals surface area (Å²) in [5.41, 5.74) is 4.27. The van der Waals surface area contributed by atoms with E-state index in [1.807, 2.05) is 26.8 Å². The molecule has 0 spiro atoms. The van der Waals surface area contributed by atoms with Gasteiger partial charge in [-0.1, -0.05) is 5.16 Å². The number of aromatic nitrogens is 3. The average Bonchev–Trinajstić information content (AvgIpc) is 2.75. The Morgan fingerprint density at radius 2 is 1.94 bits per heavy atom. The lowest BCUT2D eigenvalue weighted by molar-refractivity contribution is 0.384. The van der Waals surface area contributed by atoms with Gasteiger partial charge >= 0.3 is 0 Å². The molecule has 2 heterocycles. The second kappa shape index (κ2) is 5.01. The lowest BCUT2D eigenvalue weighted by Gasteiger charge is -2.11. The Morgan fingerprint density at radius 1 is 1.22 bits per heavy atom. The highest BCUT2D eigenvalue weighted by Gasteiger charge is 2.09. The number of hydrazine groups is 1. The van der Waals surface area contributed by atoms with Gasteiger partial charge in [-0.05, 0) is 20.8 Å². The summed E-state index contributed by atoms with van der Waals surface area (Å²) in [6.45, 7) is 6.10. The predicted octanol–water partition coefficient (Wildman–Crippen LogP) is 1.29. The second-order valence-electron chi connectivity index (χ2n) is 4.03. The second-order valence-corrected chi connectivity index (χ2v) is 4.03. The number of hydrogen-bond donors (Lipinski definition) is 3. The van der Waals surface area contributed by atoms with Crippen LogP contribution < -0.4 is 16.6 Å². The molecule has 0 saturated carbocycles. The van der Waals surface area contributed by atoms with E-state index in [-0.39, 0.29) is 0 Å². The summed E-state index contributed by atoms with van der Waals surface area (Å²) < 4.78 is 5.12. The predicted molar refractivity (Wildman–Crippen MR) is 67.9 cm³/mol. The van der Waals surface area contributed by atoms with Crippen LogP contribution in [0.2, 0.25) is 0 Å². The lowest BCUT2D eigenvalue weighted by atomic mass is 10.3. The Bertz CT molecular complexity index is 550. The van der Waals surface area contributed by atoms with Crippen LogP contribution in [0.5, 0.6) is 0 Å². The van der Waals surface area contributed by atoms with Gasteiger partial charge in [0.1, 0.15) is 17.5 Å². The van der Waals surface area contributed by atoms with Gasteiger partial charge in [-0.25, -0.2) is 15.8 Å². The number of nitrogen functional groups attached to an aromatic ring is 1. The van der Waals surface area contributed by atoms with Gasteiger partial charge in [-0.3, -0.25) is 0 Å². The molecule has 2 rings (SSSR count). The molecular weight excluding hydrogens is 232 g/mol. The molecule has 0 aliphatic heterocycles. The van der Waals surface area contributed by atoms with Crippen LogP contribution in [0.3, 0.4) is 0 Å². The number of anilines is 2. The quantitative estimate of drug-likeness (QED) is 0.553. The topological polar surface area (TPSA) is 102 Å². The van der Waals surface area contributed by atoms with E-state index in [9.17, 15) is 0 Å². The smallest absolute Gasteiger partial charge is 0.156 e. The van der Waals surface area contributed by atoms with Crippen LogP contribution in [-0.4, -0.2) is 15.1 Å². The van der Waals surface area contributed by atoms with Crippen molar-refractivity contribution in [1.82, 2.24) is 15.1 Å². The molecule has 0 aliphatic carbocycles. The summed E-state index contributed by atoms with van der Waals surface area (Å²) in [7, 11) is 0. The van der Waals surface area contributed by atoms with Crippen LogP contribution in [0.15, 0.2) is 10.6 Å². The number of aryl methyl sites for hydroxylation is 2. The average molecular weight is 248 g/mol. The minimum Gasteiger partial charge on any atom is -0.362 e. The fourth-order valence-electron chi connectivity index (χ4n) is 1.61. The van der Waals surface area contributed by atoms with E-state index in [0.717, 1.165) is 22.8 Å². The van der Waals surface area contributed by atoms with Gasteiger partial charge < -0.3 is 15.3 Å². The van der Waals surface area contributed by atoms with Crippen LogP contribution in [-0.2, 0) is 6.54 Å². The van der Waals surface area contributed by atoms with E-state index >= 15 is 0 Å². The van der Waals surface area contributed by atoms with Crippen molar-refractivity contribution in [2.75, 3.05) is 10.7 Å². The molecule has 18 heavy (non-hydrogen) atoms. The third-order valence-corrected chi connectivity index (χ3v) is 2.50. The number of nitrogens with zero attached hydrogens (tertiary/aromatic N) is 3. The summed E-state index contributed by atoms with van der Waals surface area (Å²) in [5.74, 6) is 8.14. The van der Waals surface area contributed by atoms with Crippen molar-refractivity contribution in [3.63, 3.8) is 0 Å².